The topological polar surface area (TPSA) is 63.2 Å². The number of carbonyl (C=O) groups is 1. The van der Waals surface area contributed by atoms with Gasteiger partial charge in [0.15, 0.2) is 15.6 Å². The summed E-state index contributed by atoms with van der Waals surface area (Å²) in [5, 5.41) is 2.96. The Morgan fingerprint density at radius 2 is 1.79 bits per heavy atom. The second kappa shape index (κ2) is 7.12. The summed E-state index contributed by atoms with van der Waals surface area (Å²) in [4.78, 5) is 11.6. The highest BCUT2D eigenvalue weighted by Crippen LogP contribution is 2.49. The Hall–Kier alpha value is -2.42. The lowest BCUT2D eigenvalue weighted by Gasteiger charge is -2.20. The van der Waals surface area contributed by atoms with E-state index in [0.717, 1.165) is 18.4 Å². The normalized spacial score (nSPS) is 15.8. The molecule has 3 rings (SSSR count). The number of carbonyl (C=O) groups excluding carboxylic acids is 1. The van der Waals surface area contributed by atoms with Gasteiger partial charge in [-0.1, -0.05) is 0 Å². The molecular formula is C20H19F4NO3S. The van der Waals surface area contributed by atoms with Crippen LogP contribution < -0.4 is 5.32 Å². The maximum atomic E-state index is 13.8. The molecule has 1 aliphatic carbocycles. The third-order valence-corrected chi connectivity index (χ3v) is 6.25. The van der Waals surface area contributed by atoms with E-state index in [1.165, 1.54) is 25.1 Å². The highest BCUT2D eigenvalue weighted by molar-refractivity contribution is 7.90. The van der Waals surface area contributed by atoms with E-state index in [1.54, 1.807) is 0 Å². The zero-order valence-corrected chi connectivity index (χ0v) is 16.5. The average Bonchev–Trinajstić information content (AvgIpc) is 3.39. The number of benzene rings is 2. The van der Waals surface area contributed by atoms with Gasteiger partial charge in [0, 0.05) is 23.8 Å². The number of sulfone groups is 1. The second-order valence-corrected chi connectivity index (χ2v) is 9.38. The van der Waals surface area contributed by atoms with Gasteiger partial charge in [0.2, 0.25) is 0 Å². The first-order valence-corrected chi connectivity index (χ1v) is 10.7. The Bertz CT molecular complexity index is 1070. The fourth-order valence-corrected chi connectivity index (χ4v) is 4.10. The predicted molar refractivity (Wildman–Crippen MR) is 100 cm³/mol. The molecule has 9 heteroatoms. The van der Waals surface area contributed by atoms with Gasteiger partial charge in [0.25, 0.3) is 0 Å². The van der Waals surface area contributed by atoms with E-state index in [4.69, 9.17) is 0 Å². The fraction of sp³-hybridized carbons (Fsp3) is 0.350. The largest absolute Gasteiger partial charge is 0.416 e. The summed E-state index contributed by atoms with van der Waals surface area (Å²) in [6.07, 6.45) is -2.58. The molecule has 0 heterocycles. The molecule has 1 N–H and O–H groups in total. The zero-order valence-electron chi connectivity index (χ0n) is 15.7. The summed E-state index contributed by atoms with van der Waals surface area (Å²) in [7, 11) is -3.60. The Labute approximate surface area is 165 Å². The summed E-state index contributed by atoms with van der Waals surface area (Å²) < 4.78 is 77.0. The van der Waals surface area contributed by atoms with Crippen LogP contribution >= 0.6 is 0 Å². The molecule has 0 spiro atoms. The third kappa shape index (κ3) is 4.60. The number of Topliss-reactive ketones (excluding diaryl/α,β-unsaturated/α-hetero) is 1. The van der Waals surface area contributed by atoms with Crippen LogP contribution in [0.5, 0.6) is 0 Å². The molecule has 1 aliphatic rings. The van der Waals surface area contributed by atoms with E-state index in [1.807, 2.05) is 0 Å². The van der Waals surface area contributed by atoms with E-state index in [-0.39, 0.29) is 28.5 Å². The minimum atomic E-state index is -4.67. The first kappa shape index (κ1) is 21.3. The number of hydrogen-bond acceptors (Lipinski definition) is 4. The van der Waals surface area contributed by atoms with Gasteiger partial charge in [0.05, 0.1) is 16.1 Å². The number of hydrogen-bond donors (Lipinski definition) is 1. The van der Waals surface area contributed by atoms with E-state index in [2.05, 4.69) is 5.32 Å². The molecule has 0 amide bonds. The van der Waals surface area contributed by atoms with Crippen LogP contribution in [0.3, 0.4) is 0 Å². The molecule has 2 aromatic carbocycles. The molecule has 1 fully saturated rings. The maximum absolute atomic E-state index is 13.8. The predicted octanol–water partition coefficient (Wildman–Crippen LogP) is 4.59. The number of rotatable bonds is 6. The van der Waals surface area contributed by atoms with Gasteiger partial charge < -0.3 is 5.32 Å². The minimum absolute atomic E-state index is 0.0199. The lowest BCUT2D eigenvalue weighted by Crippen LogP contribution is -2.22. The molecule has 0 atom stereocenters. The number of anilines is 1. The average molecular weight is 429 g/mol. The summed E-state index contributed by atoms with van der Waals surface area (Å²) in [6.45, 7) is 1.45. The molecule has 1 saturated carbocycles. The van der Waals surface area contributed by atoms with Gasteiger partial charge in [0.1, 0.15) is 5.82 Å². The highest BCUT2D eigenvalue weighted by atomic mass is 32.2. The maximum Gasteiger partial charge on any atom is 0.416 e. The molecule has 156 valence electrons. The van der Waals surface area contributed by atoms with Gasteiger partial charge >= 0.3 is 6.18 Å². The van der Waals surface area contributed by atoms with Crippen LogP contribution in [0.4, 0.5) is 23.2 Å². The van der Waals surface area contributed by atoms with Gasteiger partial charge in [-0.05, 0) is 61.7 Å². The molecule has 4 nitrogen and oxygen atoms in total. The summed E-state index contributed by atoms with van der Waals surface area (Å²) >= 11 is 0. The Kier molecular flexibility index (Phi) is 5.23. The van der Waals surface area contributed by atoms with Crippen LogP contribution in [0.25, 0.3) is 0 Å². The van der Waals surface area contributed by atoms with Crippen molar-refractivity contribution in [1.82, 2.24) is 0 Å². The third-order valence-electron chi connectivity index (χ3n) is 5.09. The number of nitrogens with one attached hydrogen (secondary N) is 1. The number of halogens is 4. The molecule has 2 aromatic rings. The van der Waals surface area contributed by atoms with Gasteiger partial charge in [-0.2, -0.15) is 13.2 Å². The molecule has 0 bridgehead atoms. The zero-order chi connectivity index (χ0) is 21.6. The first-order valence-electron chi connectivity index (χ1n) is 8.79. The van der Waals surface area contributed by atoms with Gasteiger partial charge in [-0.25, -0.2) is 12.8 Å². The molecule has 0 aromatic heterocycles. The first-order chi connectivity index (χ1) is 13.3. The lowest BCUT2D eigenvalue weighted by atomic mass is 9.93. The Morgan fingerprint density at radius 1 is 1.14 bits per heavy atom. The van der Waals surface area contributed by atoms with E-state index in [9.17, 15) is 30.8 Å². The Morgan fingerprint density at radius 3 is 2.31 bits per heavy atom. The minimum Gasteiger partial charge on any atom is -0.383 e. The van der Waals surface area contributed by atoms with Crippen molar-refractivity contribution in [3.05, 3.63) is 58.9 Å². The van der Waals surface area contributed by atoms with Crippen molar-refractivity contribution in [2.24, 2.45) is 0 Å². The van der Waals surface area contributed by atoms with Crippen LogP contribution in [0, 0.1) is 5.82 Å². The number of alkyl halides is 3. The van der Waals surface area contributed by atoms with Crippen molar-refractivity contribution >= 4 is 21.3 Å². The van der Waals surface area contributed by atoms with E-state index in [0.29, 0.717) is 24.5 Å². The van der Waals surface area contributed by atoms with Crippen LogP contribution in [0.15, 0.2) is 41.3 Å². The second-order valence-electron chi connectivity index (χ2n) is 7.40. The smallest absolute Gasteiger partial charge is 0.383 e. The monoisotopic (exact) mass is 429 g/mol. The SMILES string of the molecule is CC(=O)c1ccc(S(C)(=O)=O)c(NCC2(c3cc(F)cc(C(F)(F)F)c3)CC2)c1. The van der Waals surface area contributed by atoms with Crippen molar-refractivity contribution < 1.29 is 30.8 Å². The van der Waals surface area contributed by atoms with Crippen molar-refractivity contribution in [1.29, 1.82) is 0 Å². The highest BCUT2D eigenvalue weighted by Gasteiger charge is 2.45. The molecule has 0 unspecified atom stereocenters. The summed E-state index contributed by atoms with van der Waals surface area (Å²) in [5.74, 6) is -1.23. The van der Waals surface area contributed by atoms with Crippen LogP contribution in [0.2, 0.25) is 0 Å². The van der Waals surface area contributed by atoms with Crippen LogP contribution in [-0.2, 0) is 21.4 Å². The van der Waals surface area contributed by atoms with Crippen LogP contribution in [0.1, 0.15) is 41.3 Å². The van der Waals surface area contributed by atoms with E-state index >= 15 is 0 Å². The standard InChI is InChI=1S/C20H19F4NO3S/c1-12(26)13-3-4-18(29(2,27)28)17(7-13)25-11-19(5-6-19)14-8-15(20(22,23)24)10-16(21)9-14/h3-4,7-10,25H,5-6,11H2,1-2H3. The van der Waals surface area contributed by atoms with Crippen molar-refractivity contribution in [3.8, 4) is 0 Å². The summed E-state index contributed by atoms with van der Waals surface area (Å²) in [6, 6.07) is 6.58. The van der Waals surface area contributed by atoms with Gasteiger partial charge in [-0.3, -0.25) is 4.79 Å². The fourth-order valence-electron chi connectivity index (χ4n) is 3.25. The molecule has 0 saturated heterocycles. The van der Waals surface area contributed by atoms with Crippen molar-refractivity contribution in [2.75, 3.05) is 18.1 Å². The van der Waals surface area contributed by atoms with Crippen molar-refractivity contribution in [2.45, 2.75) is 36.3 Å². The molecule has 0 aliphatic heterocycles. The van der Waals surface area contributed by atoms with Gasteiger partial charge in [-0.15, -0.1) is 0 Å². The molecule has 0 radical (unpaired) electrons. The molecular weight excluding hydrogens is 410 g/mol. The quantitative estimate of drug-likeness (QED) is 0.539. The van der Waals surface area contributed by atoms with Crippen molar-refractivity contribution in [3.63, 3.8) is 0 Å². The number of ketones is 1. The van der Waals surface area contributed by atoms with Crippen LogP contribution in [-0.4, -0.2) is 27.0 Å². The van der Waals surface area contributed by atoms with E-state index < -0.39 is 32.8 Å². The molecule has 29 heavy (non-hydrogen) atoms. The summed E-state index contributed by atoms with van der Waals surface area (Å²) in [5.41, 5.74) is -1.09. The lowest BCUT2D eigenvalue weighted by molar-refractivity contribution is -0.137. The Balaban J connectivity index is 1.93.